The van der Waals surface area contributed by atoms with Crippen LogP contribution in [0.4, 0.5) is 0 Å². The number of carbonyl (C=O) groups is 2. The van der Waals surface area contributed by atoms with E-state index in [0.717, 1.165) is 102 Å². The number of rotatable bonds is 27. The maximum atomic E-state index is 12.4. The monoisotopic (exact) mass is 622 g/mol. The van der Waals surface area contributed by atoms with Crippen molar-refractivity contribution in [2.24, 2.45) is 11.8 Å². The van der Waals surface area contributed by atoms with Crippen LogP contribution in [-0.4, -0.2) is 60.9 Å². The fourth-order valence-electron chi connectivity index (χ4n) is 7.42. The molecular formula is C38H71NO5. The highest BCUT2D eigenvalue weighted by atomic mass is 16.5. The molecule has 0 radical (unpaired) electrons. The first-order valence-corrected chi connectivity index (χ1v) is 19.3. The van der Waals surface area contributed by atoms with Crippen LogP contribution >= 0.6 is 0 Å². The standard InChI is InChI=1S/C38H71NO5/c1-2-3-4-5-12-20-33-43-37(41)23-16-8-6-10-18-29-39(31-32-40)30-19-11-7-9-17-24-38(42)44-36-27-25-35(26-28-36)34-21-14-13-15-22-34/h34-36,40H,2-33H2,1H3. The molecule has 0 unspecified atom stereocenters. The van der Waals surface area contributed by atoms with E-state index in [1.54, 1.807) is 0 Å². The minimum absolute atomic E-state index is 0.0173. The largest absolute Gasteiger partial charge is 0.466 e. The second-order valence-corrected chi connectivity index (χ2v) is 14.0. The van der Waals surface area contributed by atoms with Crippen LogP contribution in [0.2, 0.25) is 0 Å². The lowest BCUT2D eigenvalue weighted by Crippen LogP contribution is -2.29. The third-order valence-electron chi connectivity index (χ3n) is 10.2. The summed E-state index contributed by atoms with van der Waals surface area (Å²) in [7, 11) is 0. The molecular weight excluding hydrogens is 550 g/mol. The Morgan fingerprint density at radius 3 is 1.73 bits per heavy atom. The number of unbranched alkanes of at least 4 members (excludes halogenated alkanes) is 13. The summed E-state index contributed by atoms with van der Waals surface area (Å²) in [6, 6.07) is 0. The molecule has 1 N–H and O–H groups in total. The van der Waals surface area contributed by atoms with Gasteiger partial charge in [-0.15, -0.1) is 0 Å². The van der Waals surface area contributed by atoms with E-state index in [4.69, 9.17) is 9.47 Å². The number of esters is 2. The first-order valence-electron chi connectivity index (χ1n) is 19.3. The number of carbonyl (C=O) groups excluding carboxylic acids is 2. The SMILES string of the molecule is CCCCCCCCOC(=O)CCCCCCCN(CCO)CCCCCCCC(=O)OC1CCC(C2CCCCC2)CC1. The zero-order valence-electron chi connectivity index (χ0n) is 28.9. The number of aliphatic hydroxyl groups excluding tert-OH is 1. The predicted molar refractivity (Wildman–Crippen MR) is 182 cm³/mol. The highest BCUT2D eigenvalue weighted by molar-refractivity contribution is 5.69. The van der Waals surface area contributed by atoms with Gasteiger partial charge in [-0.1, -0.05) is 110 Å². The smallest absolute Gasteiger partial charge is 0.306 e. The Labute approximate surface area is 271 Å². The topological polar surface area (TPSA) is 76.1 Å². The molecule has 2 rings (SSSR count). The first-order chi connectivity index (χ1) is 21.6. The number of ether oxygens (including phenoxy) is 2. The minimum Gasteiger partial charge on any atom is -0.466 e. The van der Waals surface area contributed by atoms with Crippen molar-refractivity contribution in [3.8, 4) is 0 Å². The maximum Gasteiger partial charge on any atom is 0.306 e. The van der Waals surface area contributed by atoms with Crippen molar-refractivity contribution in [2.45, 2.75) is 186 Å². The molecule has 2 aliphatic carbocycles. The minimum atomic E-state index is -0.0328. The molecule has 258 valence electrons. The Balaban J connectivity index is 1.37. The van der Waals surface area contributed by atoms with E-state index in [1.165, 1.54) is 89.9 Å². The van der Waals surface area contributed by atoms with Gasteiger partial charge in [0.15, 0.2) is 0 Å². The number of aliphatic hydroxyl groups is 1. The maximum absolute atomic E-state index is 12.4. The molecule has 0 amide bonds. The van der Waals surface area contributed by atoms with Crippen molar-refractivity contribution in [3.05, 3.63) is 0 Å². The average molecular weight is 622 g/mol. The van der Waals surface area contributed by atoms with Gasteiger partial charge in [0.2, 0.25) is 0 Å². The van der Waals surface area contributed by atoms with Gasteiger partial charge >= 0.3 is 11.9 Å². The van der Waals surface area contributed by atoms with Crippen molar-refractivity contribution >= 4 is 11.9 Å². The van der Waals surface area contributed by atoms with Crippen molar-refractivity contribution in [2.75, 3.05) is 32.8 Å². The molecule has 0 atom stereocenters. The Kier molecular flexibility index (Phi) is 24.0. The Morgan fingerprint density at radius 1 is 0.591 bits per heavy atom. The van der Waals surface area contributed by atoms with Gasteiger partial charge in [-0.3, -0.25) is 9.59 Å². The van der Waals surface area contributed by atoms with Crippen LogP contribution in [-0.2, 0) is 19.1 Å². The summed E-state index contributed by atoms with van der Waals surface area (Å²) in [4.78, 5) is 26.6. The molecule has 0 saturated heterocycles. The van der Waals surface area contributed by atoms with Crippen LogP contribution in [0.15, 0.2) is 0 Å². The summed E-state index contributed by atoms with van der Waals surface area (Å²) in [6.45, 7) is 5.85. The normalized spacial score (nSPS) is 19.3. The highest BCUT2D eigenvalue weighted by Gasteiger charge is 2.29. The molecule has 0 heterocycles. The molecule has 2 saturated carbocycles. The summed E-state index contributed by atoms with van der Waals surface area (Å²) in [5.41, 5.74) is 0. The average Bonchev–Trinajstić information content (AvgIpc) is 3.04. The van der Waals surface area contributed by atoms with Gasteiger partial charge < -0.3 is 19.5 Å². The Morgan fingerprint density at radius 2 is 1.11 bits per heavy atom. The van der Waals surface area contributed by atoms with Gasteiger partial charge in [-0.2, -0.15) is 0 Å². The van der Waals surface area contributed by atoms with E-state index >= 15 is 0 Å². The van der Waals surface area contributed by atoms with Crippen LogP contribution in [0.25, 0.3) is 0 Å². The first kappa shape index (κ1) is 39.0. The summed E-state index contributed by atoms with van der Waals surface area (Å²) < 4.78 is 11.2. The lowest BCUT2D eigenvalue weighted by atomic mass is 9.73. The van der Waals surface area contributed by atoms with Crippen LogP contribution in [0.3, 0.4) is 0 Å². The molecule has 0 spiro atoms. The van der Waals surface area contributed by atoms with E-state index in [0.29, 0.717) is 19.4 Å². The molecule has 0 aromatic rings. The van der Waals surface area contributed by atoms with Gasteiger partial charge in [-0.25, -0.2) is 0 Å². The molecule has 0 aromatic carbocycles. The molecule has 0 bridgehead atoms. The summed E-state index contributed by atoms with van der Waals surface area (Å²) in [5.74, 6) is 1.81. The van der Waals surface area contributed by atoms with Crippen LogP contribution in [0, 0.1) is 11.8 Å². The lowest BCUT2D eigenvalue weighted by Gasteiger charge is -2.35. The fraction of sp³-hybridized carbons (Fsp3) is 0.947. The van der Waals surface area contributed by atoms with Gasteiger partial charge in [-0.05, 0) is 82.7 Å². The molecule has 0 aromatic heterocycles. The zero-order chi connectivity index (χ0) is 31.5. The van der Waals surface area contributed by atoms with Crippen molar-refractivity contribution in [1.82, 2.24) is 4.90 Å². The van der Waals surface area contributed by atoms with Crippen LogP contribution in [0.1, 0.15) is 180 Å². The van der Waals surface area contributed by atoms with Gasteiger partial charge in [0, 0.05) is 19.4 Å². The number of hydrogen-bond donors (Lipinski definition) is 1. The van der Waals surface area contributed by atoms with Crippen molar-refractivity contribution < 1.29 is 24.2 Å². The second kappa shape index (κ2) is 27.0. The molecule has 2 fully saturated rings. The number of hydrogen-bond acceptors (Lipinski definition) is 6. The lowest BCUT2D eigenvalue weighted by molar-refractivity contribution is -0.151. The predicted octanol–water partition coefficient (Wildman–Crippen LogP) is 9.55. The fourth-order valence-corrected chi connectivity index (χ4v) is 7.42. The van der Waals surface area contributed by atoms with Crippen LogP contribution in [0.5, 0.6) is 0 Å². The van der Waals surface area contributed by atoms with E-state index in [-0.39, 0.29) is 24.6 Å². The Hall–Kier alpha value is -1.14. The third kappa shape index (κ3) is 20.1. The van der Waals surface area contributed by atoms with Crippen molar-refractivity contribution in [3.63, 3.8) is 0 Å². The van der Waals surface area contributed by atoms with Gasteiger partial charge in [0.05, 0.1) is 13.2 Å². The second-order valence-electron chi connectivity index (χ2n) is 14.0. The molecule has 6 heteroatoms. The van der Waals surface area contributed by atoms with E-state index in [2.05, 4.69) is 11.8 Å². The number of nitrogens with zero attached hydrogens (tertiary/aromatic N) is 1. The molecule has 6 nitrogen and oxygen atoms in total. The third-order valence-corrected chi connectivity index (χ3v) is 10.2. The zero-order valence-corrected chi connectivity index (χ0v) is 28.9. The summed E-state index contributed by atoms with van der Waals surface area (Å²) >= 11 is 0. The van der Waals surface area contributed by atoms with Crippen LogP contribution < -0.4 is 0 Å². The highest BCUT2D eigenvalue weighted by Crippen LogP contribution is 2.39. The molecule has 2 aliphatic rings. The van der Waals surface area contributed by atoms with Crippen molar-refractivity contribution in [1.29, 1.82) is 0 Å². The quantitative estimate of drug-likeness (QED) is 0.0727. The molecule has 0 aliphatic heterocycles. The Bertz CT molecular complexity index is 687. The van der Waals surface area contributed by atoms with Gasteiger partial charge in [0.1, 0.15) is 6.10 Å². The summed E-state index contributed by atoms with van der Waals surface area (Å²) in [6.07, 6.45) is 31.4. The van der Waals surface area contributed by atoms with E-state index in [1.807, 2.05) is 0 Å². The van der Waals surface area contributed by atoms with E-state index < -0.39 is 0 Å². The van der Waals surface area contributed by atoms with Gasteiger partial charge in [0.25, 0.3) is 0 Å². The summed E-state index contributed by atoms with van der Waals surface area (Å²) in [5, 5.41) is 9.47. The molecule has 44 heavy (non-hydrogen) atoms. The van der Waals surface area contributed by atoms with E-state index in [9.17, 15) is 14.7 Å².